The number of hydrogen-bond acceptors (Lipinski definition) is 8. The van der Waals surface area contributed by atoms with E-state index in [-0.39, 0.29) is 36.4 Å². The number of rotatable bonds is 17. The quantitative estimate of drug-likeness (QED) is 0.0833. The first kappa shape index (κ1) is 38.6. The van der Waals surface area contributed by atoms with E-state index in [0.717, 1.165) is 52.6 Å². The molecule has 0 unspecified atom stereocenters. The van der Waals surface area contributed by atoms with Crippen molar-refractivity contribution in [3.8, 4) is 16.9 Å². The molecule has 0 aromatic heterocycles. The number of nitrogens with one attached hydrogen (secondary N) is 2. The smallest absolute Gasteiger partial charge is 0.220 e. The first-order valence-electron chi connectivity index (χ1n) is 18.0. The van der Waals surface area contributed by atoms with Crippen LogP contribution >= 0.6 is 0 Å². The summed E-state index contributed by atoms with van der Waals surface area (Å²) in [7, 11) is 1.94. The van der Waals surface area contributed by atoms with Gasteiger partial charge in [0.1, 0.15) is 5.75 Å². The number of phenolic OH excluding ortho intramolecular Hbond substituents is 1. The molecule has 4 atom stereocenters. The van der Waals surface area contributed by atoms with E-state index < -0.39 is 12.4 Å². The maximum Gasteiger partial charge on any atom is 0.220 e. The second-order valence-electron chi connectivity index (χ2n) is 13.5. The number of likely N-dealkylation sites (N-methyl/N-ethyl adjacent to an activating group) is 1. The molecule has 4 aromatic rings. The number of carbonyl (C=O) groups is 2. The average molecular weight is 710 g/mol. The average Bonchev–Trinajstić information content (AvgIpc) is 3.15. The summed E-state index contributed by atoms with van der Waals surface area (Å²) in [6.07, 6.45) is 1.69. The van der Waals surface area contributed by atoms with Gasteiger partial charge >= 0.3 is 0 Å². The van der Waals surface area contributed by atoms with Gasteiger partial charge in [-0.25, -0.2) is 0 Å². The zero-order valence-corrected chi connectivity index (χ0v) is 30.0. The summed E-state index contributed by atoms with van der Waals surface area (Å²) in [5.41, 5.74) is 6.40. The van der Waals surface area contributed by atoms with Crippen molar-refractivity contribution in [1.29, 1.82) is 0 Å². The van der Waals surface area contributed by atoms with E-state index in [1.165, 1.54) is 6.92 Å². The van der Waals surface area contributed by atoms with Crippen LogP contribution in [-0.2, 0) is 32.2 Å². The lowest BCUT2D eigenvalue weighted by atomic mass is 9.97. The number of carbonyl (C=O) groups excluding carboxylic acids is 2. The fourth-order valence-electron chi connectivity index (χ4n) is 6.50. The highest BCUT2D eigenvalue weighted by Gasteiger charge is 2.33. The highest BCUT2D eigenvalue weighted by molar-refractivity contribution is 5.76. The number of aliphatic hydroxyl groups is 2. The first-order valence-corrected chi connectivity index (χ1v) is 18.0. The predicted octanol–water partition coefficient (Wildman–Crippen LogP) is 6.08. The Hall–Kier alpha value is -4.58. The number of aromatic hydroxyl groups is 1. The Morgan fingerprint density at radius 3 is 2.37 bits per heavy atom. The van der Waals surface area contributed by atoms with Gasteiger partial charge in [0.25, 0.3) is 0 Å². The van der Waals surface area contributed by atoms with Crippen molar-refractivity contribution in [2.45, 2.75) is 76.8 Å². The molecule has 0 saturated carbocycles. The van der Waals surface area contributed by atoms with Gasteiger partial charge in [0.05, 0.1) is 24.9 Å². The number of ether oxygens (including phenoxy) is 2. The molecule has 4 aromatic carbocycles. The third kappa shape index (κ3) is 11.5. The standard InChI is InChI=1S/C42H51N3O7/c1-29(47)43-22-7-3-4-13-41(50)44-25-35-9-5-6-12-38(35)31-18-20-33(21-19-31)42-51-37(24-40(52-42)32-16-14-30(28-46)15-17-32)26-45(2)27-39(49)34-10-8-11-36(48)23-34/h5-6,8-12,14-21,23,37,39-40,42,46,48-49H,3-4,7,13,22,24-28H2,1-2H3,(H,43,47)(H,44,50)/t37-,39+,40+,42+/m0/s1. The lowest BCUT2D eigenvalue weighted by Crippen LogP contribution is -2.39. The number of hydrogen-bond donors (Lipinski definition) is 5. The number of phenols is 1. The second kappa shape index (κ2) is 19.3. The molecule has 276 valence electrons. The van der Waals surface area contributed by atoms with Gasteiger partial charge in [-0.2, -0.15) is 0 Å². The maximum atomic E-state index is 12.6. The number of benzene rings is 4. The van der Waals surface area contributed by atoms with Crippen LogP contribution in [0.25, 0.3) is 11.1 Å². The SMILES string of the molecule is CC(=O)NCCCCCC(=O)NCc1ccccc1-c1ccc([C@@H]2O[C@H](CN(C)C[C@@H](O)c3cccc(O)c3)C[C@H](c3ccc(CO)cc3)O2)cc1. The van der Waals surface area contributed by atoms with Crippen LogP contribution in [0, 0.1) is 0 Å². The van der Waals surface area contributed by atoms with Crippen molar-refractivity contribution < 1.29 is 34.4 Å². The lowest BCUT2D eigenvalue weighted by molar-refractivity contribution is -0.252. The molecule has 0 radical (unpaired) electrons. The van der Waals surface area contributed by atoms with Crippen LogP contribution < -0.4 is 10.6 Å². The molecule has 1 aliphatic rings. The molecular weight excluding hydrogens is 658 g/mol. The van der Waals surface area contributed by atoms with Crippen LogP contribution in [0.5, 0.6) is 5.75 Å². The molecule has 0 bridgehead atoms. The Bertz CT molecular complexity index is 1730. The molecule has 1 heterocycles. The maximum absolute atomic E-state index is 12.6. The Balaban J connectivity index is 1.24. The molecule has 10 heteroatoms. The summed E-state index contributed by atoms with van der Waals surface area (Å²) in [6.45, 7) is 3.44. The molecule has 1 aliphatic heterocycles. The molecular formula is C42H51N3O7. The third-order valence-electron chi connectivity index (χ3n) is 9.31. The minimum atomic E-state index is -0.773. The number of nitrogens with zero attached hydrogens (tertiary/aromatic N) is 1. The number of amides is 2. The van der Waals surface area contributed by atoms with E-state index in [1.54, 1.807) is 24.3 Å². The van der Waals surface area contributed by atoms with Gasteiger partial charge in [0.2, 0.25) is 11.8 Å². The Morgan fingerprint density at radius 2 is 1.63 bits per heavy atom. The van der Waals surface area contributed by atoms with Gasteiger partial charge in [0.15, 0.2) is 6.29 Å². The van der Waals surface area contributed by atoms with E-state index in [2.05, 4.69) is 16.7 Å². The Labute approximate surface area is 306 Å². The summed E-state index contributed by atoms with van der Waals surface area (Å²) in [5, 5.41) is 36.1. The van der Waals surface area contributed by atoms with E-state index >= 15 is 0 Å². The fourth-order valence-corrected chi connectivity index (χ4v) is 6.50. The molecule has 2 amide bonds. The minimum Gasteiger partial charge on any atom is -0.508 e. The molecule has 1 saturated heterocycles. The first-order chi connectivity index (χ1) is 25.2. The normalized spacial score (nSPS) is 17.8. The van der Waals surface area contributed by atoms with Crippen LogP contribution in [0.3, 0.4) is 0 Å². The summed E-state index contributed by atoms with van der Waals surface area (Å²) in [4.78, 5) is 25.6. The van der Waals surface area contributed by atoms with E-state index in [1.807, 2.05) is 78.7 Å². The zero-order valence-electron chi connectivity index (χ0n) is 30.0. The monoisotopic (exact) mass is 709 g/mol. The summed E-state index contributed by atoms with van der Waals surface area (Å²) in [5.74, 6) is 0.0848. The zero-order chi connectivity index (χ0) is 36.9. The molecule has 0 spiro atoms. The third-order valence-corrected chi connectivity index (χ3v) is 9.31. The number of unbranched alkanes of at least 4 members (excludes halogenated alkanes) is 2. The lowest BCUT2D eigenvalue weighted by Gasteiger charge is -2.38. The minimum absolute atomic E-state index is 0.00546. The van der Waals surface area contributed by atoms with Gasteiger partial charge < -0.3 is 40.3 Å². The van der Waals surface area contributed by atoms with Crippen LogP contribution in [0.2, 0.25) is 0 Å². The highest BCUT2D eigenvalue weighted by atomic mass is 16.7. The fraction of sp³-hybridized carbons (Fsp3) is 0.381. The van der Waals surface area contributed by atoms with Crippen LogP contribution in [0.1, 0.15) is 85.3 Å². The van der Waals surface area contributed by atoms with Crippen molar-refractivity contribution in [1.82, 2.24) is 15.5 Å². The van der Waals surface area contributed by atoms with Gasteiger partial charge in [0, 0.05) is 51.5 Å². The Kier molecular flexibility index (Phi) is 14.4. The van der Waals surface area contributed by atoms with Gasteiger partial charge in [-0.15, -0.1) is 0 Å². The van der Waals surface area contributed by atoms with Crippen LogP contribution in [0.4, 0.5) is 0 Å². The Morgan fingerprint density at radius 1 is 0.885 bits per heavy atom. The summed E-state index contributed by atoms with van der Waals surface area (Å²) in [6, 6.07) is 30.6. The topological polar surface area (TPSA) is 141 Å². The summed E-state index contributed by atoms with van der Waals surface area (Å²) >= 11 is 0. The molecule has 0 aliphatic carbocycles. The van der Waals surface area contributed by atoms with Crippen molar-refractivity contribution in [2.75, 3.05) is 26.7 Å². The van der Waals surface area contributed by atoms with E-state index in [4.69, 9.17) is 9.47 Å². The van der Waals surface area contributed by atoms with Crippen LogP contribution in [0.15, 0.2) is 97.1 Å². The number of aliphatic hydroxyl groups excluding tert-OH is 2. The summed E-state index contributed by atoms with van der Waals surface area (Å²) < 4.78 is 13.1. The second-order valence-corrected chi connectivity index (χ2v) is 13.5. The van der Waals surface area contributed by atoms with Gasteiger partial charge in [-0.3, -0.25) is 9.59 Å². The van der Waals surface area contributed by atoms with E-state index in [9.17, 15) is 24.9 Å². The van der Waals surface area contributed by atoms with Crippen molar-refractivity contribution in [2.24, 2.45) is 0 Å². The molecule has 5 N–H and O–H groups in total. The largest absolute Gasteiger partial charge is 0.508 e. The van der Waals surface area contributed by atoms with Gasteiger partial charge in [-0.05, 0) is 65.4 Å². The predicted molar refractivity (Wildman–Crippen MR) is 200 cm³/mol. The van der Waals surface area contributed by atoms with Gasteiger partial charge in [-0.1, -0.05) is 91.3 Å². The van der Waals surface area contributed by atoms with Crippen molar-refractivity contribution >= 4 is 11.8 Å². The molecule has 10 nitrogen and oxygen atoms in total. The highest BCUT2D eigenvalue weighted by Crippen LogP contribution is 2.39. The molecule has 52 heavy (non-hydrogen) atoms. The van der Waals surface area contributed by atoms with Crippen molar-refractivity contribution in [3.63, 3.8) is 0 Å². The molecule has 5 rings (SSSR count). The van der Waals surface area contributed by atoms with Crippen molar-refractivity contribution in [3.05, 3.63) is 125 Å². The van der Waals surface area contributed by atoms with E-state index in [0.29, 0.717) is 44.6 Å². The molecule has 1 fully saturated rings. The van der Waals surface area contributed by atoms with Crippen LogP contribution in [-0.4, -0.2) is 64.8 Å².